The van der Waals surface area contributed by atoms with Crippen molar-refractivity contribution in [3.63, 3.8) is 0 Å². The third-order valence-corrected chi connectivity index (χ3v) is 1.96. The zero-order chi connectivity index (χ0) is 11.1. The summed E-state index contributed by atoms with van der Waals surface area (Å²) in [6.45, 7) is 4.68. The molecule has 0 bridgehead atoms. The molecule has 0 saturated heterocycles. The molecule has 0 fully saturated rings. The lowest BCUT2D eigenvalue weighted by molar-refractivity contribution is -0.130. The second-order valence-corrected chi connectivity index (χ2v) is 3.76. The highest BCUT2D eigenvalue weighted by atomic mass is 32.1. The average Bonchev–Trinajstić information content (AvgIpc) is 2.13. The van der Waals surface area contributed by atoms with Crippen LogP contribution in [0.1, 0.15) is 20.3 Å². The number of amides is 1. The fourth-order valence-corrected chi connectivity index (χ4v) is 1.21. The largest absolute Gasteiger partial charge is 0.363 e. The SMILES string of the molecule is CCCNC(=S)NC(C)C(=O)N(C)C. The number of nitrogens with one attached hydrogen (secondary N) is 2. The maximum Gasteiger partial charge on any atom is 0.244 e. The van der Waals surface area contributed by atoms with Gasteiger partial charge in [0.05, 0.1) is 0 Å². The molecule has 4 nitrogen and oxygen atoms in total. The Balaban J connectivity index is 3.87. The van der Waals surface area contributed by atoms with Crippen molar-refractivity contribution in [3.8, 4) is 0 Å². The lowest BCUT2D eigenvalue weighted by Crippen LogP contribution is -2.48. The van der Waals surface area contributed by atoms with Crippen molar-refractivity contribution in [2.45, 2.75) is 26.3 Å². The molecule has 1 atom stereocenters. The van der Waals surface area contributed by atoms with Crippen molar-refractivity contribution in [3.05, 3.63) is 0 Å². The van der Waals surface area contributed by atoms with Gasteiger partial charge in [0.15, 0.2) is 5.11 Å². The van der Waals surface area contributed by atoms with Crippen molar-refractivity contribution < 1.29 is 4.79 Å². The molecule has 0 heterocycles. The highest BCUT2D eigenvalue weighted by molar-refractivity contribution is 7.80. The minimum Gasteiger partial charge on any atom is -0.363 e. The van der Waals surface area contributed by atoms with Crippen molar-refractivity contribution in [2.24, 2.45) is 0 Å². The van der Waals surface area contributed by atoms with Crippen LogP contribution in [-0.2, 0) is 4.79 Å². The summed E-state index contributed by atoms with van der Waals surface area (Å²) in [6, 6.07) is -0.276. The topological polar surface area (TPSA) is 44.4 Å². The lowest BCUT2D eigenvalue weighted by Gasteiger charge is -2.19. The molecule has 1 amide bonds. The van der Waals surface area contributed by atoms with Gasteiger partial charge in [0, 0.05) is 20.6 Å². The van der Waals surface area contributed by atoms with E-state index in [-0.39, 0.29) is 11.9 Å². The molecule has 0 aromatic heterocycles. The van der Waals surface area contributed by atoms with Gasteiger partial charge >= 0.3 is 0 Å². The van der Waals surface area contributed by atoms with Crippen molar-refractivity contribution >= 4 is 23.2 Å². The minimum absolute atomic E-state index is 0.0191. The lowest BCUT2D eigenvalue weighted by atomic mass is 10.3. The Kier molecular flexibility index (Phi) is 6.19. The number of likely N-dealkylation sites (N-methyl/N-ethyl adjacent to an activating group) is 1. The Hall–Kier alpha value is -0.840. The Bertz CT molecular complexity index is 206. The van der Waals surface area contributed by atoms with Gasteiger partial charge in [-0.15, -0.1) is 0 Å². The summed E-state index contributed by atoms with van der Waals surface area (Å²) >= 11 is 5.01. The number of nitrogens with zero attached hydrogens (tertiary/aromatic N) is 1. The maximum atomic E-state index is 11.4. The molecule has 0 aromatic carbocycles. The Morgan fingerprint density at radius 1 is 1.50 bits per heavy atom. The van der Waals surface area contributed by atoms with Gasteiger partial charge in [-0.3, -0.25) is 4.79 Å². The van der Waals surface area contributed by atoms with Crippen LogP contribution < -0.4 is 10.6 Å². The maximum absolute atomic E-state index is 11.4. The first-order valence-corrected chi connectivity index (χ1v) is 5.15. The molecule has 2 N–H and O–H groups in total. The van der Waals surface area contributed by atoms with Gasteiger partial charge in [-0.05, 0) is 25.6 Å². The third-order valence-electron chi connectivity index (χ3n) is 1.69. The fourth-order valence-electron chi connectivity index (χ4n) is 0.935. The molecule has 0 aliphatic rings. The van der Waals surface area contributed by atoms with Crippen LogP contribution in [0.15, 0.2) is 0 Å². The predicted molar refractivity (Wildman–Crippen MR) is 62.2 cm³/mol. The van der Waals surface area contributed by atoms with Crippen LogP contribution in [0.2, 0.25) is 0 Å². The zero-order valence-corrected chi connectivity index (χ0v) is 10.1. The fraction of sp³-hybridized carbons (Fsp3) is 0.778. The highest BCUT2D eigenvalue weighted by Gasteiger charge is 2.14. The Labute approximate surface area is 91.0 Å². The molecule has 0 aliphatic heterocycles. The quantitative estimate of drug-likeness (QED) is 0.666. The molecular formula is C9H19N3OS. The number of hydrogen-bond acceptors (Lipinski definition) is 2. The van der Waals surface area contributed by atoms with E-state index in [1.165, 1.54) is 0 Å². The van der Waals surface area contributed by atoms with E-state index >= 15 is 0 Å². The standard InChI is InChI=1S/C9H19N3OS/c1-5-6-10-9(14)11-7(2)8(13)12(3)4/h7H,5-6H2,1-4H3,(H2,10,11,14). The monoisotopic (exact) mass is 217 g/mol. The van der Waals surface area contributed by atoms with E-state index in [2.05, 4.69) is 17.6 Å². The number of hydrogen-bond donors (Lipinski definition) is 2. The van der Waals surface area contributed by atoms with Crippen LogP contribution in [0.4, 0.5) is 0 Å². The Morgan fingerprint density at radius 3 is 2.50 bits per heavy atom. The van der Waals surface area contributed by atoms with Gasteiger partial charge in [-0.1, -0.05) is 6.92 Å². The number of carbonyl (C=O) groups excluding carboxylic acids is 1. The van der Waals surface area contributed by atoms with Crippen LogP contribution in [0.25, 0.3) is 0 Å². The van der Waals surface area contributed by atoms with E-state index in [0.29, 0.717) is 5.11 Å². The van der Waals surface area contributed by atoms with Crippen LogP contribution in [0.5, 0.6) is 0 Å². The molecule has 14 heavy (non-hydrogen) atoms. The minimum atomic E-state index is -0.276. The average molecular weight is 217 g/mol. The van der Waals surface area contributed by atoms with Crippen molar-refractivity contribution in [1.29, 1.82) is 0 Å². The van der Waals surface area contributed by atoms with Gasteiger partial charge in [0.1, 0.15) is 6.04 Å². The normalized spacial score (nSPS) is 11.7. The zero-order valence-electron chi connectivity index (χ0n) is 9.26. The van der Waals surface area contributed by atoms with Gasteiger partial charge in [-0.25, -0.2) is 0 Å². The summed E-state index contributed by atoms with van der Waals surface area (Å²) in [5, 5.41) is 6.47. The van der Waals surface area contributed by atoms with Gasteiger partial charge in [-0.2, -0.15) is 0 Å². The van der Waals surface area contributed by atoms with E-state index in [4.69, 9.17) is 12.2 Å². The van der Waals surface area contributed by atoms with Gasteiger partial charge in [0.25, 0.3) is 0 Å². The van der Waals surface area contributed by atoms with E-state index < -0.39 is 0 Å². The molecule has 1 unspecified atom stereocenters. The molecule has 0 saturated carbocycles. The number of carbonyl (C=O) groups is 1. The molecule has 0 radical (unpaired) electrons. The van der Waals surface area contributed by atoms with Crippen LogP contribution in [0.3, 0.4) is 0 Å². The van der Waals surface area contributed by atoms with E-state index in [1.807, 2.05) is 0 Å². The summed E-state index contributed by atoms with van der Waals surface area (Å²) in [5.41, 5.74) is 0. The molecule has 82 valence electrons. The number of rotatable bonds is 4. The highest BCUT2D eigenvalue weighted by Crippen LogP contribution is 1.88. The first kappa shape index (κ1) is 13.2. The van der Waals surface area contributed by atoms with E-state index in [9.17, 15) is 4.79 Å². The molecule has 0 spiro atoms. The van der Waals surface area contributed by atoms with Crippen LogP contribution in [-0.4, -0.2) is 42.6 Å². The first-order valence-electron chi connectivity index (χ1n) is 4.74. The molecule has 0 aliphatic carbocycles. The molecule has 0 rings (SSSR count). The molecule has 5 heteroatoms. The molecule has 0 aromatic rings. The first-order chi connectivity index (χ1) is 6.49. The summed E-state index contributed by atoms with van der Waals surface area (Å²) in [7, 11) is 3.45. The van der Waals surface area contributed by atoms with E-state index in [1.54, 1.807) is 25.9 Å². The van der Waals surface area contributed by atoms with E-state index in [0.717, 1.165) is 13.0 Å². The smallest absolute Gasteiger partial charge is 0.244 e. The van der Waals surface area contributed by atoms with Crippen molar-refractivity contribution in [1.82, 2.24) is 15.5 Å². The summed E-state index contributed by atoms with van der Waals surface area (Å²) < 4.78 is 0. The second kappa shape index (κ2) is 6.59. The van der Waals surface area contributed by atoms with Gasteiger partial charge < -0.3 is 15.5 Å². The van der Waals surface area contributed by atoms with Crippen LogP contribution in [0, 0.1) is 0 Å². The van der Waals surface area contributed by atoms with Gasteiger partial charge in [0.2, 0.25) is 5.91 Å². The van der Waals surface area contributed by atoms with Crippen molar-refractivity contribution in [2.75, 3.05) is 20.6 Å². The third kappa shape index (κ3) is 5.01. The summed E-state index contributed by atoms with van der Waals surface area (Å²) in [4.78, 5) is 13.0. The Morgan fingerprint density at radius 2 is 2.07 bits per heavy atom. The predicted octanol–water partition coefficient (Wildman–Crippen LogP) is 0.337. The summed E-state index contributed by atoms with van der Waals surface area (Å²) in [6.07, 6.45) is 1.01. The second-order valence-electron chi connectivity index (χ2n) is 3.35. The number of thiocarbonyl (C=S) groups is 1. The summed E-state index contributed by atoms with van der Waals surface area (Å²) in [5.74, 6) is 0.0191. The molecular weight excluding hydrogens is 198 g/mol. The van der Waals surface area contributed by atoms with Crippen LogP contribution >= 0.6 is 12.2 Å².